The van der Waals surface area contributed by atoms with Crippen molar-refractivity contribution in [2.75, 3.05) is 11.1 Å². The molecule has 6 nitrogen and oxygen atoms in total. The number of nitrogens with one attached hydrogen (secondary N) is 1. The second-order valence-electron chi connectivity index (χ2n) is 6.67. The van der Waals surface area contributed by atoms with E-state index in [1.54, 1.807) is 54.6 Å². The van der Waals surface area contributed by atoms with Gasteiger partial charge in [0.25, 0.3) is 0 Å². The van der Waals surface area contributed by atoms with Crippen molar-refractivity contribution < 1.29 is 18.0 Å². The molecule has 0 radical (unpaired) electrons. The zero-order chi connectivity index (χ0) is 21.6. The Labute approximate surface area is 174 Å². The summed E-state index contributed by atoms with van der Waals surface area (Å²) in [6, 6.07) is 23.2. The highest BCUT2D eigenvalue weighted by Gasteiger charge is 2.18. The van der Waals surface area contributed by atoms with E-state index in [9.17, 15) is 18.0 Å². The van der Waals surface area contributed by atoms with Gasteiger partial charge in [-0.3, -0.25) is 9.59 Å². The average molecular weight is 418 g/mol. The third-order valence-electron chi connectivity index (χ3n) is 4.27. The first-order valence-corrected chi connectivity index (χ1v) is 10.9. The van der Waals surface area contributed by atoms with Crippen molar-refractivity contribution in [3.05, 3.63) is 101 Å². The molecule has 0 spiro atoms. The van der Waals surface area contributed by atoms with Gasteiger partial charge in [-0.05, 0) is 29.8 Å². The van der Waals surface area contributed by atoms with Crippen LogP contribution in [0.15, 0.2) is 78.9 Å². The van der Waals surface area contributed by atoms with E-state index in [2.05, 4.69) is 5.32 Å². The molecule has 7 heteroatoms. The third-order valence-corrected chi connectivity index (χ3v) is 5.74. The fourth-order valence-electron chi connectivity index (χ4n) is 2.87. The number of nitrogens with zero attached hydrogens (tertiary/aromatic N) is 1. The number of amides is 1. The molecule has 3 aromatic carbocycles. The molecule has 1 amide bonds. The summed E-state index contributed by atoms with van der Waals surface area (Å²) in [5, 5.41) is 11.3. The van der Waals surface area contributed by atoms with Crippen LogP contribution in [0.25, 0.3) is 0 Å². The van der Waals surface area contributed by atoms with Crippen LogP contribution in [0.3, 0.4) is 0 Å². The van der Waals surface area contributed by atoms with Gasteiger partial charge in [-0.25, -0.2) is 8.42 Å². The molecule has 1 N–H and O–H groups in total. The highest BCUT2D eigenvalue weighted by atomic mass is 32.2. The van der Waals surface area contributed by atoms with Crippen LogP contribution in [-0.2, 0) is 20.4 Å². The molecule has 0 aliphatic rings. The van der Waals surface area contributed by atoms with Crippen molar-refractivity contribution in [2.45, 2.75) is 5.75 Å². The molecule has 0 aromatic heterocycles. The van der Waals surface area contributed by atoms with E-state index >= 15 is 0 Å². The first-order chi connectivity index (χ1) is 14.4. The molecule has 0 atom stereocenters. The fourth-order valence-corrected chi connectivity index (χ4v) is 4.15. The second kappa shape index (κ2) is 9.16. The number of ketones is 1. The summed E-state index contributed by atoms with van der Waals surface area (Å²) in [4.78, 5) is 24.8. The van der Waals surface area contributed by atoms with E-state index in [4.69, 9.17) is 5.26 Å². The molecule has 3 rings (SSSR count). The van der Waals surface area contributed by atoms with Crippen LogP contribution in [0.4, 0.5) is 5.69 Å². The molecule has 0 saturated heterocycles. The van der Waals surface area contributed by atoms with Gasteiger partial charge in [0.2, 0.25) is 5.91 Å². The summed E-state index contributed by atoms with van der Waals surface area (Å²) < 4.78 is 24.7. The van der Waals surface area contributed by atoms with Crippen molar-refractivity contribution in [3.63, 3.8) is 0 Å². The van der Waals surface area contributed by atoms with Crippen LogP contribution in [-0.4, -0.2) is 25.9 Å². The monoisotopic (exact) mass is 418 g/mol. The summed E-state index contributed by atoms with van der Waals surface area (Å²) in [6.45, 7) is 0. The minimum absolute atomic E-state index is 0.194. The predicted molar refractivity (Wildman–Crippen MR) is 114 cm³/mol. The van der Waals surface area contributed by atoms with Crippen molar-refractivity contribution in [3.8, 4) is 6.07 Å². The number of rotatable bonds is 7. The minimum atomic E-state index is -3.70. The van der Waals surface area contributed by atoms with Crippen LogP contribution in [0, 0.1) is 11.3 Å². The van der Waals surface area contributed by atoms with Crippen LogP contribution in [0.1, 0.15) is 27.0 Å². The topological polar surface area (TPSA) is 104 Å². The van der Waals surface area contributed by atoms with Crippen molar-refractivity contribution in [1.82, 2.24) is 0 Å². The molecule has 0 saturated carbocycles. The Kier molecular flexibility index (Phi) is 6.40. The maximum atomic E-state index is 12.5. The summed E-state index contributed by atoms with van der Waals surface area (Å²) >= 11 is 0. The Hall–Kier alpha value is -3.76. The smallest absolute Gasteiger partial charge is 0.239 e. The van der Waals surface area contributed by atoms with Gasteiger partial charge < -0.3 is 5.32 Å². The highest BCUT2D eigenvalue weighted by Crippen LogP contribution is 2.16. The largest absolute Gasteiger partial charge is 0.325 e. The lowest BCUT2D eigenvalue weighted by Gasteiger charge is -2.08. The van der Waals surface area contributed by atoms with Gasteiger partial charge in [0.15, 0.2) is 15.6 Å². The summed E-state index contributed by atoms with van der Waals surface area (Å²) in [6.07, 6.45) is 0. The number of carbonyl (C=O) groups is 2. The third kappa shape index (κ3) is 5.63. The fraction of sp³-hybridized carbons (Fsp3) is 0.0870. The van der Waals surface area contributed by atoms with Gasteiger partial charge in [0, 0.05) is 16.8 Å². The first kappa shape index (κ1) is 21.0. The van der Waals surface area contributed by atoms with Crippen molar-refractivity contribution in [1.29, 1.82) is 5.26 Å². The van der Waals surface area contributed by atoms with Crippen molar-refractivity contribution in [2.24, 2.45) is 0 Å². The molecule has 30 heavy (non-hydrogen) atoms. The number of hydrogen-bond donors (Lipinski definition) is 1. The van der Waals surface area contributed by atoms with Gasteiger partial charge in [0.05, 0.1) is 17.4 Å². The van der Waals surface area contributed by atoms with E-state index in [0.717, 1.165) is 0 Å². The Balaban J connectivity index is 1.65. The second-order valence-corrected chi connectivity index (χ2v) is 8.73. The molecular formula is C23H18N2O4S. The number of nitriles is 1. The normalized spacial score (nSPS) is 10.8. The van der Waals surface area contributed by atoms with E-state index in [-0.39, 0.29) is 11.5 Å². The van der Waals surface area contributed by atoms with Gasteiger partial charge in [-0.2, -0.15) is 5.26 Å². The Morgan fingerprint density at radius 2 is 1.53 bits per heavy atom. The number of carbonyl (C=O) groups excluding carboxylic acids is 2. The molecule has 0 aliphatic carbocycles. The zero-order valence-corrected chi connectivity index (χ0v) is 16.7. The van der Waals surface area contributed by atoms with Crippen LogP contribution >= 0.6 is 0 Å². The number of hydrogen-bond acceptors (Lipinski definition) is 5. The summed E-state index contributed by atoms with van der Waals surface area (Å²) in [5.41, 5.74) is 2.18. The quantitative estimate of drug-likeness (QED) is 0.593. The lowest BCUT2D eigenvalue weighted by atomic mass is 10.0. The molecule has 0 fully saturated rings. The van der Waals surface area contributed by atoms with E-state index < -0.39 is 21.5 Å². The van der Waals surface area contributed by atoms with Crippen molar-refractivity contribution >= 4 is 27.2 Å². The Morgan fingerprint density at radius 1 is 0.867 bits per heavy atom. The SMILES string of the molecule is N#Cc1ccc(CS(=O)(=O)CC(=O)Nc2cccc(C(=O)c3ccccc3)c2)cc1. The zero-order valence-electron chi connectivity index (χ0n) is 15.9. The molecule has 0 aliphatic heterocycles. The van der Waals surface area contributed by atoms with Gasteiger partial charge in [0.1, 0.15) is 5.75 Å². The molecule has 3 aromatic rings. The number of sulfone groups is 1. The van der Waals surface area contributed by atoms with Gasteiger partial charge >= 0.3 is 0 Å². The summed E-state index contributed by atoms with van der Waals surface area (Å²) in [5.74, 6) is -1.88. The highest BCUT2D eigenvalue weighted by molar-refractivity contribution is 7.91. The lowest BCUT2D eigenvalue weighted by Crippen LogP contribution is -2.24. The lowest BCUT2D eigenvalue weighted by molar-refractivity contribution is -0.113. The Morgan fingerprint density at radius 3 is 2.20 bits per heavy atom. The number of benzene rings is 3. The maximum Gasteiger partial charge on any atom is 0.239 e. The van der Waals surface area contributed by atoms with Crippen LogP contribution in [0.5, 0.6) is 0 Å². The van der Waals surface area contributed by atoms with E-state index in [0.29, 0.717) is 27.9 Å². The average Bonchev–Trinajstić information content (AvgIpc) is 2.73. The minimum Gasteiger partial charge on any atom is -0.325 e. The maximum absolute atomic E-state index is 12.5. The van der Waals surface area contributed by atoms with E-state index in [1.807, 2.05) is 12.1 Å². The first-order valence-electron chi connectivity index (χ1n) is 9.05. The predicted octanol–water partition coefficient (Wildman–Crippen LogP) is 3.34. The molecule has 0 heterocycles. The van der Waals surface area contributed by atoms with Crippen LogP contribution in [0.2, 0.25) is 0 Å². The van der Waals surface area contributed by atoms with E-state index in [1.165, 1.54) is 18.2 Å². The van der Waals surface area contributed by atoms with Crippen LogP contribution < -0.4 is 5.32 Å². The van der Waals surface area contributed by atoms with Gasteiger partial charge in [-0.1, -0.05) is 54.6 Å². The Bertz CT molecular complexity index is 1210. The molecule has 150 valence electrons. The molecule has 0 bridgehead atoms. The molecule has 0 unspecified atom stereocenters. The molecular weight excluding hydrogens is 400 g/mol. The number of anilines is 1. The van der Waals surface area contributed by atoms with Gasteiger partial charge in [-0.15, -0.1) is 0 Å². The summed E-state index contributed by atoms with van der Waals surface area (Å²) in [7, 11) is -3.70. The standard InChI is InChI=1S/C23H18N2O4S/c24-14-17-9-11-18(12-10-17)15-30(28,29)16-22(26)25-21-8-4-7-20(13-21)23(27)19-5-2-1-3-6-19/h1-13H,15-16H2,(H,25,26).